The van der Waals surface area contributed by atoms with E-state index in [0.29, 0.717) is 18.7 Å². The van der Waals surface area contributed by atoms with Crippen molar-refractivity contribution in [2.45, 2.75) is 65.6 Å². The van der Waals surface area contributed by atoms with Gasteiger partial charge in [-0.2, -0.15) is 12.6 Å². The number of carbonyl (C=O) groups is 3. The Balaban J connectivity index is 2.01. The van der Waals surface area contributed by atoms with Gasteiger partial charge in [0.15, 0.2) is 0 Å². The fourth-order valence-electron chi connectivity index (χ4n) is 4.43. The van der Waals surface area contributed by atoms with E-state index in [2.05, 4.69) is 23.3 Å². The lowest BCUT2D eigenvalue weighted by molar-refractivity contribution is -0.140. The maximum Gasteiger partial charge on any atom is 0.408 e. The van der Waals surface area contributed by atoms with Crippen LogP contribution in [0.25, 0.3) is 10.8 Å². The normalized spacial score (nSPS) is 12.9. The second kappa shape index (κ2) is 13.0. The fraction of sp³-hybridized carbons (Fsp3) is 0.387. The van der Waals surface area contributed by atoms with E-state index in [1.165, 1.54) is 4.90 Å². The molecular weight excluding hydrogens is 510 g/mol. The van der Waals surface area contributed by atoms with Gasteiger partial charge < -0.3 is 20.3 Å². The molecule has 39 heavy (non-hydrogen) atoms. The lowest BCUT2D eigenvalue weighted by Gasteiger charge is -2.34. The van der Waals surface area contributed by atoms with Gasteiger partial charge in [-0.25, -0.2) is 4.79 Å². The van der Waals surface area contributed by atoms with Crippen LogP contribution in [0.2, 0.25) is 0 Å². The van der Waals surface area contributed by atoms with Crippen LogP contribution < -0.4 is 10.6 Å². The highest BCUT2D eigenvalue weighted by molar-refractivity contribution is 7.80. The van der Waals surface area contributed by atoms with Crippen LogP contribution in [0.15, 0.2) is 60.7 Å². The molecule has 0 aromatic heterocycles. The van der Waals surface area contributed by atoms with Crippen LogP contribution in [0.1, 0.15) is 56.8 Å². The van der Waals surface area contributed by atoms with Crippen molar-refractivity contribution in [3.05, 3.63) is 77.4 Å². The zero-order chi connectivity index (χ0) is 28.7. The molecule has 3 amide bonds. The lowest BCUT2D eigenvalue weighted by atomic mass is 9.96. The summed E-state index contributed by atoms with van der Waals surface area (Å²) in [5.41, 5.74) is 2.50. The van der Waals surface area contributed by atoms with E-state index in [0.717, 1.165) is 27.5 Å². The van der Waals surface area contributed by atoms with Crippen LogP contribution in [-0.4, -0.2) is 46.7 Å². The molecule has 0 fully saturated rings. The quantitative estimate of drug-likeness (QED) is 0.278. The lowest BCUT2D eigenvalue weighted by Crippen LogP contribution is -2.53. The Morgan fingerprint density at radius 1 is 0.974 bits per heavy atom. The minimum atomic E-state index is -0.976. The van der Waals surface area contributed by atoms with E-state index in [-0.39, 0.29) is 11.7 Å². The Hall–Kier alpha value is -3.52. The molecule has 3 aromatic rings. The number of rotatable bonds is 9. The van der Waals surface area contributed by atoms with Crippen LogP contribution in [0, 0.1) is 13.8 Å². The number of hydrogen-bond acceptors (Lipinski definition) is 5. The van der Waals surface area contributed by atoms with E-state index in [1.807, 2.05) is 81.4 Å². The third-order valence-corrected chi connectivity index (χ3v) is 6.59. The summed E-state index contributed by atoms with van der Waals surface area (Å²) in [5, 5.41) is 7.74. The number of carbonyl (C=O) groups excluding carboxylic acids is 3. The largest absolute Gasteiger partial charge is 0.444 e. The molecule has 0 aliphatic heterocycles. The number of thiol groups is 1. The zero-order valence-electron chi connectivity index (χ0n) is 23.6. The molecule has 3 aromatic carbocycles. The standard InChI is InChI=1S/C31H39N3O4S/c1-7-16-34(29(36)26(19-39)33-30(37)38-31(4,5)6)27(25-17-20(2)12-13-21(25)3)28(35)32-24-15-14-22-10-8-9-11-23(22)18-24/h8-15,17-18,26-27,39H,7,16,19H2,1-6H3,(H,32,35)(H,33,37). The molecule has 0 bridgehead atoms. The molecule has 0 spiro atoms. The van der Waals surface area contributed by atoms with Gasteiger partial charge in [0.2, 0.25) is 5.91 Å². The molecule has 0 radical (unpaired) electrons. The molecule has 0 aliphatic carbocycles. The summed E-state index contributed by atoms with van der Waals surface area (Å²) >= 11 is 4.34. The average molecular weight is 550 g/mol. The first-order chi connectivity index (χ1) is 18.4. The number of hydrogen-bond donors (Lipinski definition) is 3. The third-order valence-electron chi connectivity index (χ3n) is 6.23. The minimum Gasteiger partial charge on any atom is -0.444 e. The monoisotopic (exact) mass is 549 g/mol. The van der Waals surface area contributed by atoms with Gasteiger partial charge in [-0.3, -0.25) is 9.59 Å². The first-order valence-corrected chi connectivity index (χ1v) is 13.8. The van der Waals surface area contributed by atoms with Gasteiger partial charge in [0.05, 0.1) is 0 Å². The van der Waals surface area contributed by atoms with Gasteiger partial charge in [0.1, 0.15) is 17.7 Å². The van der Waals surface area contributed by atoms with Gasteiger partial charge in [-0.05, 0) is 75.1 Å². The number of benzene rings is 3. The minimum absolute atomic E-state index is 0.0457. The topological polar surface area (TPSA) is 87.7 Å². The van der Waals surface area contributed by atoms with Gasteiger partial charge in [-0.1, -0.05) is 61.0 Å². The number of fused-ring (bicyclic) bond motifs is 1. The smallest absolute Gasteiger partial charge is 0.408 e. The zero-order valence-corrected chi connectivity index (χ0v) is 24.5. The Labute approximate surface area is 236 Å². The van der Waals surface area contributed by atoms with Crippen molar-refractivity contribution in [3.8, 4) is 0 Å². The molecule has 2 unspecified atom stereocenters. The average Bonchev–Trinajstić information content (AvgIpc) is 2.87. The van der Waals surface area contributed by atoms with Crippen molar-refractivity contribution < 1.29 is 19.1 Å². The maximum absolute atomic E-state index is 14.0. The van der Waals surface area contributed by atoms with E-state index in [9.17, 15) is 14.4 Å². The number of nitrogens with zero attached hydrogens (tertiary/aromatic N) is 1. The van der Waals surface area contributed by atoms with E-state index in [4.69, 9.17) is 4.74 Å². The number of amides is 3. The van der Waals surface area contributed by atoms with Crippen LogP contribution in [0.4, 0.5) is 10.5 Å². The summed E-state index contributed by atoms with van der Waals surface area (Å²) in [5.74, 6) is -0.697. The Kier molecular flexibility index (Phi) is 10.0. The molecule has 0 heterocycles. The number of anilines is 1. The Morgan fingerprint density at radius 3 is 2.31 bits per heavy atom. The van der Waals surface area contributed by atoms with E-state index in [1.54, 1.807) is 20.8 Å². The first kappa shape index (κ1) is 30.0. The van der Waals surface area contributed by atoms with Crippen molar-refractivity contribution in [2.75, 3.05) is 17.6 Å². The second-order valence-electron chi connectivity index (χ2n) is 10.7. The van der Waals surface area contributed by atoms with Gasteiger partial charge in [0.25, 0.3) is 5.91 Å². The molecule has 0 aliphatic rings. The maximum atomic E-state index is 14.0. The van der Waals surface area contributed by atoms with Crippen molar-refractivity contribution in [2.24, 2.45) is 0 Å². The highest BCUT2D eigenvalue weighted by Gasteiger charge is 2.36. The Bertz CT molecular complexity index is 1330. The summed E-state index contributed by atoms with van der Waals surface area (Å²) < 4.78 is 5.37. The molecule has 0 saturated heterocycles. The molecule has 208 valence electrons. The van der Waals surface area contributed by atoms with Crippen LogP contribution in [-0.2, 0) is 14.3 Å². The Morgan fingerprint density at radius 2 is 1.67 bits per heavy atom. The molecule has 8 heteroatoms. The fourth-order valence-corrected chi connectivity index (χ4v) is 4.67. The SMILES string of the molecule is CCCN(C(=O)C(CS)NC(=O)OC(C)(C)C)C(C(=O)Nc1ccc2ccccc2c1)c1cc(C)ccc1C. The summed E-state index contributed by atoms with van der Waals surface area (Å²) in [7, 11) is 0. The van der Waals surface area contributed by atoms with Crippen molar-refractivity contribution in [1.29, 1.82) is 0 Å². The number of alkyl carbamates (subject to hydrolysis) is 1. The first-order valence-electron chi connectivity index (χ1n) is 13.2. The molecule has 2 atom stereocenters. The van der Waals surface area contributed by atoms with E-state index >= 15 is 0 Å². The second-order valence-corrected chi connectivity index (χ2v) is 11.1. The number of nitrogens with one attached hydrogen (secondary N) is 2. The summed E-state index contributed by atoms with van der Waals surface area (Å²) in [6, 6.07) is 17.6. The van der Waals surface area contributed by atoms with Crippen LogP contribution in [0.3, 0.4) is 0 Å². The van der Waals surface area contributed by atoms with Crippen molar-refractivity contribution >= 4 is 47.0 Å². The predicted molar refractivity (Wildman–Crippen MR) is 160 cm³/mol. The highest BCUT2D eigenvalue weighted by Crippen LogP contribution is 2.29. The molecule has 7 nitrogen and oxygen atoms in total. The third kappa shape index (κ3) is 7.99. The molecule has 0 saturated carbocycles. The highest BCUT2D eigenvalue weighted by atomic mass is 32.1. The van der Waals surface area contributed by atoms with Crippen LogP contribution >= 0.6 is 12.6 Å². The summed E-state index contributed by atoms with van der Waals surface area (Å²) in [6.45, 7) is 11.4. The number of ether oxygens (including phenoxy) is 1. The molecule has 2 N–H and O–H groups in total. The number of aryl methyl sites for hydroxylation is 2. The van der Waals surface area contributed by atoms with Crippen LogP contribution in [0.5, 0.6) is 0 Å². The molecular formula is C31H39N3O4S. The van der Waals surface area contributed by atoms with Gasteiger partial charge in [0, 0.05) is 18.0 Å². The summed E-state index contributed by atoms with van der Waals surface area (Å²) in [4.78, 5) is 42.0. The van der Waals surface area contributed by atoms with Crippen molar-refractivity contribution in [3.63, 3.8) is 0 Å². The van der Waals surface area contributed by atoms with Gasteiger partial charge in [-0.15, -0.1) is 0 Å². The molecule has 3 rings (SSSR count). The predicted octanol–water partition coefficient (Wildman–Crippen LogP) is 6.20. The van der Waals surface area contributed by atoms with Crippen molar-refractivity contribution in [1.82, 2.24) is 10.2 Å². The van der Waals surface area contributed by atoms with E-state index < -0.39 is 29.7 Å². The van der Waals surface area contributed by atoms with Gasteiger partial charge >= 0.3 is 6.09 Å². The summed E-state index contributed by atoms with van der Waals surface area (Å²) in [6.07, 6.45) is -0.0996.